The van der Waals surface area contributed by atoms with Crippen LogP contribution in [0.1, 0.15) is 25.7 Å². The molecule has 0 aromatic heterocycles. The van der Waals surface area contributed by atoms with Gasteiger partial charge < -0.3 is 20.7 Å². The summed E-state index contributed by atoms with van der Waals surface area (Å²) in [6.45, 7) is 5.16. The summed E-state index contributed by atoms with van der Waals surface area (Å²) in [6.07, 6.45) is 4.44. The Kier molecular flexibility index (Phi) is 6.56. The van der Waals surface area contributed by atoms with E-state index in [0.717, 1.165) is 58.5 Å². The lowest BCUT2D eigenvalue weighted by atomic mass is 9.91. The van der Waals surface area contributed by atoms with Gasteiger partial charge in [-0.25, -0.2) is 4.79 Å². The molecule has 0 bridgehead atoms. The summed E-state index contributed by atoms with van der Waals surface area (Å²) in [5, 5.41) is 9.34. The summed E-state index contributed by atoms with van der Waals surface area (Å²) >= 11 is 0. The molecule has 0 radical (unpaired) electrons. The van der Waals surface area contributed by atoms with Gasteiger partial charge in [0.05, 0.1) is 13.2 Å². The maximum Gasteiger partial charge on any atom is 0.315 e. The van der Waals surface area contributed by atoms with Gasteiger partial charge in [-0.2, -0.15) is 0 Å². The van der Waals surface area contributed by atoms with Crippen molar-refractivity contribution in [1.29, 1.82) is 0 Å². The number of nitrogens with zero attached hydrogens (tertiary/aromatic N) is 1. The van der Waals surface area contributed by atoms with Crippen LogP contribution < -0.4 is 16.0 Å². The van der Waals surface area contributed by atoms with Gasteiger partial charge in [0.15, 0.2) is 0 Å². The number of carbonyl (C=O) groups is 1. The Morgan fingerprint density at radius 2 is 1.80 bits per heavy atom. The highest BCUT2D eigenvalue weighted by molar-refractivity contribution is 5.74. The van der Waals surface area contributed by atoms with Gasteiger partial charge >= 0.3 is 6.03 Å². The van der Waals surface area contributed by atoms with Crippen LogP contribution in [0.2, 0.25) is 0 Å². The van der Waals surface area contributed by atoms with Crippen molar-refractivity contribution in [3.05, 3.63) is 0 Å². The van der Waals surface area contributed by atoms with Crippen LogP contribution >= 0.6 is 0 Å². The molecule has 2 amide bonds. The number of carbonyl (C=O) groups excluding carboxylic acids is 1. The molecule has 1 aliphatic heterocycles. The fourth-order valence-corrected chi connectivity index (χ4v) is 2.92. The molecule has 20 heavy (non-hydrogen) atoms. The SMILES string of the molecule is CNC1CCC(NC(=O)NCCN2CCOCC2)CC1. The van der Waals surface area contributed by atoms with Crippen LogP contribution in [0, 0.1) is 0 Å². The van der Waals surface area contributed by atoms with Crippen LogP contribution in [0.3, 0.4) is 0 Å². The van der Waals surface area contributed by atoms with Crippen LogP contribution in [0.5, 0.6) is 0 Å². The standard InChI is InChI=1S/C14H28N4O2/c1-15-12-2-4-13(5-3-12)17-14(19)16-6-7-18-8-10-20-11-9-18/h12-13,15H,2-11H2,1H3,(H2,16,17,19). The molecular weight excluding hydrogens is 256 g/mol. The number of amides is 2. The van der Waals surface area contributed by atoms with Gasteiger partial charge in [-0.05, 0) is 32.7 Å². The zero-order valence-corrected chi connectivity index (χ0v) is 12.5. The second kappa shape index (κ2) is 8.44. The van der Waals surface area contributed by atoms with Crippen LogP contribution in [0.25, 0.3) is 0 Å². The number of rotatable bonds is 5. The van der Waals surface area contributed by atoms with E-state index < -0.39 is 0 Å². The molecule has 2 rings (SSSR count). The van der Waals surface area contributed by atoms with Gasteiger partial charge in [0, 0.05) is 38.3 Å². The Bertz CT molecular complexity index is 287. The minimum absolute atomic E-state index is 0.0221. The lowest BCUT2D eigenvalue weighted by Gasteiger charge is -2.29. The average Bonchev–Trinajstić information content (AvgIpc) is 2.49. The molecule has 116 valence electrons. The second-order valence-corrected chi connectivity index (χ2v) is 5.69. The topological polar surface area (TPSA) is 65.6 Å². The first-order valence-electron chi connectivity index (χ1n) is 7.79. The maximum atomic E-state index is 11.8. The van der Waals surface area contributed by atoms with Crippen molar-refractivity contribution in [2.75, 3.05) is 46.4 Å². The quantitative estimate of drug-likeness (QED) is 0.672. The highest BCUT2D eigenvalue weighted by Gasteiger charge is 2.21. The number of hydrogen-bond acceptors (Lipinski definition) is 4. The summed E-state index contributed by atoms with van der Waals surface area (Å²) in [5.74, 6) is 0. The highest BCUT2D eigenvalue weighted by atomic mass is 16.5. The fraction of sp³-hybridized carbons (Fsp3) is 0.929. The Labute approximate surface area is 121 Å². The number of ether oxygens (including phenoxy) is 1. The van der Waals surface area contributed by atoms with E-state index in [2.05, 4.69) is 20.9 Å². The van der Waals surface area contributed by atoms with Crippen LogP contribution in [-0.2, 0) is 4.74 Å². The summed E-state index contributed by atoms with van der Waals surface area (Å²) in [4.78, 5) is 14.1. The number of hydrogen-bond donors (Lipinski definition) is 3. The zero-order valence-electron chi connectivity index (χ0n) is 12.5. The smallest absolute Gasteiger partial charge is 0.315 e. The molecule has 0 atom stereocenters. The monoisotopic (exact) mass is 284 g/mol. The molecule has 0 unspecified atom stereocenters. The predicted octanol–water partition coefficient (Wildman–Crippen LogP) is 0.148. The first-order chi connectivity index (χ1) is 9.78. The molecule has 2 aliphatic rings. The van der Waals surface area contributed by atoms with Gasteiger partial charge in [-0.3, -0.25) is 4.90 Å². The average molecular weight is 284 g/mol. The molecule has 2 fully saturated rings. The molecular formula is C14H28N4O2. The number of morpholine rings is 1. The van der Waals surface area contributed by atoms with Crippen molar-refractivity contribution in [2.45, 2.75) is 37.8 Å². The van der Waals surface area contributed by atoms with Gasteiger partial charge in [0.1, 0.15) is 0 Å². The largest absolute Gasteiger partial charge is 0.379 e. The van der Waals surface area contributed by atoms with Crippen molar-refractivity contribution in [3.63, 3.8) is 0 Å². The van der Waals surface area contributed by atoms with Crippen molar-refractivity contribution in [1.82, 2.24) is 20.9 Å². The third-order valence-corrected chi connectivity index (χ3v) is 4.29. The normalized spacial score (nSPS) is 28.1. The van der Waals surface area contributed by atoms with E-state index in [1.807, 2.05) is 7.05 Å². The van der Waals surface area contributed by atoms with Gasteiger partial charge in [0.2, 0.25) is 0 Å². The van der Waals surface area contributed by atoms with Crippen LogP contribution in [0.4, 0.5) is 4.79 Å². The van der Waals surface area contributed by atoms with E-state index in [-0.39, 0.29) is 6.03 Å². The van der Waals surface area contributed by atoms with E-state index in [1.54, 1.807) is 0 Å². The van der Waals surface area contributed by atoms with E-state index in [4.69, 9.17) is 4.74 Å². The Morgan fingerprint density at radius 1 is 1.15 bits per heavy atom. The first kappa shape index (κ1) is 15.5. The van der Waals surface area contributed by atoms with E-state index in [0.29, 0.717) is 18.6 Å². The van der Waals surface area contributed by atoms with Gasteiger partial charge in [-0.1, -0.05) is 0 Å². The lowest BCUT2D eigenvalue weighted by Crippen LogP contribution is -2.47. The Hall–Kier alpha value is -0.850. The Balaban J connectivity index is 1.54. The van der Waals surface area contributed by atoms with Crippen LogP contribution in [0.15, 0.2) is 0 Å². The minimum atomic E-state index is -0.0221. The maximum absolute atomic E-state index is 11.8. The fourth-order valence-electron chi connectivity index (χ4n) is 2.92. The molecule has 0 spiro atoms. The van der Waals surface area contributed by atoms with E-state index in [9.17, 15) is 4.79 Å². The zero-order chi connectivity index (χ0) is 14.2. The summed E-state index contributed by atoms with van der Waals surface area (Å²) in [6, 6.07) is 0.937. The molecule has 1 saturated carbocycles. The molecule has 1 heterocycles. The molecule has 6 heteroatoms. The molecule has 0 aromatic carbocycles. The first-order valence-corrected chi connectivity index (χ1v) is 7.79. The van der Waals surface area contributed by atoms with E-state index >= 15 is 0 Å². The Morgan fingerprint density at radius 3 is 2.45 bits per heavy atom. The third kappa shape index (κ3) is 5.26. The second-order valence-electron chi connectivity index (χ2n) is 5.69. The number of urea groups is 1. The molecule has 1 saturated heterocycles. The summed E-state index contributed by atoms with van der Waals surface area (Å²) in [5.41, 5.74) is 0. The van der Waals surface area contributed by atoms with Crippen molar-refractivity contribution < 1.29 is 9.53 Å². The summed E-state index contributed by atoms with van der Waals surface area (Å²) in [7, 11) is 2.01. The van der Waals surface area contributed by atoms with Crippen molar-refractivity contribution >= 4 is 6.03 Å². The lowest BCUT2D eigenvalue weighted by molar-refractivity contribution is 0.0387. The van der Waals surface area contributed by atoms with Gasteiger partial charge in [-0.15, -0.1) is 0 Å². The molecule has 1 aliphatic carbocycles. The van der Waals surface area contributed by atoms with Crippen molar-refractivity contribution in [3.8, 4) is 0 Å². The highest BCUT2D eigenvalue weighted by Crippen LogP contribution is 2.17. The minimum Gasteiger partial charge on any atom is -0.379 e. The molecule has 3 N–H and O–H groups in total. The molecule has 0 aromatic rings. The summed E-state index contributed by atoms with van der Waals surface area (Å²) < 4.78 is 5.30. The third-order valence-electron chi connectivity index (χ3n) is 4.29. The van der Waals surface area contributed by atoms with Crippen molar-refractivity contribution in [2.24, 2.45) is 0 Å². The van der Waals surface area contributed by atoms with E-state index in [1.165, 1.54) is 0 Å². The predicted molar refractivity (Wildman–Crippen MR) is 78.9 cm³/mol. The number of nitrogens with one attached hydrogen (secondary N) is 3. The van der Waals surface area contributed by atoms with Gasteiger partial charge in [0.25, 0.3) is 0 Å². The molecule has 6 nitrogen and oxygen atoms in total. The van der Waals surface area contributed by atoms with Crippen LogP contribution in [-0.4, -0.2) is 69.5 Å².